The fraction of sp³-hybridized carbons (Fsp3) is 0.267. The maximum atomic E-state index is 10.9. The molecule has 1 aromatic heterocycles. The summed E-state index contributed by atoms with van der Waals surface area (Å²) < 4.78 is 5.64. The molecule has 0 fully saturated rings. The van der Waals surface area contributed by atoms with E-state index in [2.05, 4.69) is 4.98 Å². The van der Waals surface area contributed by atoms with E-state index in [1.807, 2.05) is 0 Å². The van der Waals surface area contributed by atoms with Gasteiger partial charge in [0.05, 0.1) is 11.0 Å². The van der Waals surface area contributed by atoms with Crippen molar-refractivity contribution in [3.05, 3.63) is 57.3 Å². The summed E-state index contributed by atoms with van der Waals surface area (Å²) in [6.45, 7) is 5.06. The number of ether oxygens (including phenoxy) is 1. The van der Waals surface area contributed by atoms with E-state index in [4.69, 9.17) is 4.74 Å². The Morgan fingerprint density at radius 2 is 2.00 bits per heavy atom. The molecule has 2 aromatic rings. The summed E-state index contributed by atoms with van der Waals surface area (Å²) in [5.74, 6) is 0.895. The Morgan fingerprint density at radius 1 is 1.29 bits per heavy atom. The highest BCUT2D eigenvalue weighted by Crippen LogP contribution is 2.30. The Morgan fingerprint density at radius 3 is 2.52 bits per heavy atom. The van der Waals surface area contributed by atoms with Crippen molar-refractivity contribution in [2.45, 2.75) is 26.9 Å². The molecule has 1 aromatic carbocycles. The van der Waals surface area contributed by atoms with Gasteiger partial charge in [-0.25, -0.2) is 4.98 Å². The summed E-state index contributed by atoms with van der Waals surface area (Å²) in [6, 6.07) is 6.48. The average Bonchev–Trinajstić information content (AvgIpc) is 2.42. The van der Waals surface area contributed by atoms with E-state index in [-0.39, 0.29) is 5.69 Å². The van der Waals surface area contributed by atoms with Crippen LogP contribution in [0.2, 0.25) is 0 Å². The standard InChI is InChI=1S/C15H16N2O4/c1-9-7-14(10(2)6-13(9)17(19)20)21-15-5-4-12(8-16-15)11(3)18/h4-8,11,18H,1-3H3/t11-/m0/s1. The predicted molar refractivity (Wildman–Crippen MR) is 77.5 cm³/mol. The van der Waals surface area contributed by atoms with Crippen LogP contribution in [0.3, 0.4) is 0 Å². The van der Waals surface area contributed by atoms with Crippen LogP contribution < -0.4 is 4.74 Å². The van der Waals surface area contributed by atoms with E-state index >= 15 is 0 Å². The third kappa shape index (κ3) is 3.35. The van der Waals surface area contributed by atoms with Gasteiger partial charge in [0, 0.05) is 23.9 Å². The molecule has 1 heterocycles. The van der Waals surface area contributed by atoms with Crippen LogP contribution in [-0.4, -0.2) is 15.0 Å². The van der Waals surface area contributed by atoms with Crippen LogP contribution in [0.4, 0.5) is 5.69 Å². The van der Waals surface area contributed by atoms with Crippen molar-refractivity contribution in [1.29, 1.82) is 0 Å². The average molecular weight is 288 g/mol. The van der Waals surface area contributed by atoms with Crippen LogP contribution >= 0.6 is 0 Å². The van der Waals surface area contributed by atoms with Gasteiger partial charge in [0.1, 0.15) is 5.75 Å². The topological polar surface area (TPSA) is 85.5 Å². The van der Waals surface area contributed by atoms with Gasteiger partial charge in [0.2, 0.25) is 5.88 Å². The molecule has 6 nitrogen and oxygen atoms in total. The molecule has 0 bridgehead atoms. The number of hydrogen-bond donors (Lipinski definition) is 1. The normalized spacial score (nSPS) is 12.0. The Bertz CT molecular complexity index is 666. The minimum atomic E-state index is -0.588. The van der Waals surface area contributed by atoms with Crippen molar-refractivity contribution in [3.8, 4) is 11.6 Å². The molecular weight excluding hydrogens is 272 g/mol. The molecule has 0 spiro atoms. The van der Waals surface area contributed by atoms with E-state index in [9.17, 15) is 15.2 Å². The molecular formula is C15H16N2O4. The fourth-order valence-electron chi connectivity index (χ4n) is 1.89. The number of pyridine rings is 1. The van der Waals surface area contributed by atoms with Gasteiger partial charge in [-0.05, 0) is 44.0 Å². The van der Waals surface area contributed by atoms with Crippen molar-refractivity contribution in [1.82, 2.24) is 4.98 Å². The first-order valence-corrected chi connectivity index (χ1v) is 6.46. The Balaban J connectivity index is 2.27. The fourth-order valence-corrected chi connectivity index (χ4v) is 1.89. The van der Waals surface area contributed by atoms with E-state index in [0.717, 1.165) is 0 Å². The zero-order valence-corrected chi connectivity index (χ0v) is 12.0. The Labute approximate surface area is 122 Å². The Kier molecular flexibility index (Phi) is 4.18. The minimum Gasteiger partial charge on any atom is -0.439 e. The van der Waals surface area contributed by atoms with Crippen LogP contribution in [0.1, 0.15) is 29.7 Å². The number of aryl methyl sites for hydroxylation is 2. The molecule has 1 N–H and O–H groups in total. The number of rotatable bonds is 4. The number of aliphatic hydroxyl groups excluding tert-OH is 1. The highest BCUT2D eigenvalue weighted by Gasteiger charge is 2.14. The van der Waals surface area contributed by atoms with Gasteiger partial charge in [-0.15, -0.1) is 0 Å². The van der Waals surface area contributed by atoms with Crippen molar-refractivity contribution in [3.63, 3.8) is 0 Å². The molecule has 110 valence electrons. The highest BCUT2D eigenvalue weighted by atomic mass is 16.6. The molecule has 0 aliphatic carbocycles. The molecule has 6 heteroatoms. The Hall–Kier alpha value is -2.47. The van der Waals surface area contributed by atoms with Crippen LogP contribution in [0.25, 0.3) is 0 Å². The third-order valence-electron chi connectivity index (χ3n) is 3.15. The molecule has 0 aliphatic heterocycles. The third-order valence-corrected chi connectivity index (χ3v) is 3.15. The number of nitro benzene ring substituents is 1. The maximum Gasteiger partial charge on any atom is 0.272 e. The molecule has 0 aliphatic rings. The first kappa shape index (κ1) is 14.9. The summed E-state index contributed by atoms with van der Waals surface area (Å²) in [6.07, 6.45) is 0.947. The lowest BCUT2D eigenvalue weighted by atomic mass is 10.1. The van der Waals surface area contributed by atoms with Gasteiger partial charge in [-0.1, -0.05) is 0 Å². The largest absolute Gasteiger partial charge is 0.439 e. The zero-order valence-electron chi connectivity index (χ0n) is 12.0. The zero-order chi connectivity index (χ0) is 15.6. The molecule has 0 radical (unpaired) electrons. The van der Waals surface area contributed by atoms with Crippen molar-refractivity contribution in [2.75, 3.05) is 0 Å². The minimum absolute atomic E-state index is 0.0669. The second-order valence-corrected chi connectivity index (χ2v) is 4.87. The lowest BCUT2D eigenvalue weighted by Crippen LogP contribution is -1.97. The van der Waals surface area contributed by atoms with Gasteiger partial charge in [0.15, 0.2) is 0 Å². The summed E-state index contributed by atoms with van der Waals surface area (Å²) in [5, 5.41) is 20.3. The van der Waals surface area contributed by atoms with Crippen molar-refractivity contribution in [2.24, 2.45) is 0 Å². The number of hydrogen-bond acceptors (Lipinski definition) is 5. The van der Waals surface area contributed by atoms with Gasteiger partial charge in [-0.3, -0.25) is 10.1 Å². The summed E-state index contributed by atoms with van der Waals surface area (Å²) >= 11 is 0. The lowest BCUT2D eigenvalue weighted by molar-refractivity contribution is -0.385. The van der Waals surface area contributed by atoms with E-state index in [1.165, 1.54) is 12.3 Å². The number of nitrogens with zero attached hydrogens (tertiary/aromatic N) is 2. The van der Waals surface area contributed by atoms with Crippen LogP contribution in [0, 0.1) is 24.0 Å². The van der Waals surface area contributed by atoms with Crippen molar-refractivity contribution < 1.29 is 14.8 Å². The summed E-state index contributed by atoms with van der Waals surface area (Å²) in [4.78, 5) is 14.6. The molecule has 0 amide bonds. The monoisotopic (exact) mass is 288 g/mol. The van der Waals surface area contributed by atoms with Gasteiger partial charge >= 0.3 is 0 Å². The van der Waals surface area contributed by atoms with E-state index in [0.29, 0.717) is 28.3 Å². The van der Waals surface area contributed by atoms with Gasteiger partial charge in [-0.2, -0.15) is 0 Å². The molecule has 21 heavy (non-hydrogen) atoms. The SMILES string of the molecule is Cc1cc([N+](=O)[O-])c(C)cc1Oc1ccc([C@H](C)O)cn1. The molecule has 2 rings (SSSR count). The predicted octanol–water partition coefficient (Wildman–Crippen LogP) is 3.45. The second kappa shape index (κ2) is 5.88. The van der Waals surface area contributed by atoms with Gasteiger partial charge < -0.3 is 9.84 Å². The molecule has 0 saturated carbocycles. The van der Waals surface area contributed by atoms with Crippen molar-refractivity contribution >= 4 is 5.69 Å². The van der Waals surface area contributed by atoms with E-state index in [1.54, 1.807) is 39.0 Å². The summed E-state index contributed by atoms with van der Waals surface area (Å²) in [5.41, 5.74) is 1.95. The molecule has 0 unspecified atom stereocenters. The van der Waals surface area contributed by atoms with E-state index < -0.39 is 11.0 Å². The maximum absolute atomic E-state index is 10.9. The van der Waals surface area contributed by atoms with Crippen LogP contribution in [-0.2, 0) is 0 Å². The summed E-state index contributed by atoms with van der Waals surface area (Å²) in [7, 11) is 0. The van der Waals surface area contributed by atoms with Gasteiger partial charge in [0.25, 0.3) is 5.69 Å². The van der Waals surface area contributed by atoms with Crippen LogP contribution in [0.5, 0.6) is 11.6 Å². The number of benzene rings is 1. The highest BCUT2D eigenvalue weighted by molar-refractivity contribution is 5.50. The quantitative estimate of drug-likeness (QED) is 0.688. The van der Waals surface area contributed by atoms with Crippen LogP contribution in [0.15, 0.2) is 30.5 Å². The first-order valence-electron chi connectivity index (χ1n) is 6.46. The number of nitro groups is 1. The number of aliphatic hydroxyl groups is 1. The first-order chi connectivity index (χ1) is 9.88. The molecule has 0 saturated heterocycles. The smallest absolute Gasteiger partial charge is 0.272 e. The molecule has 1 atom stereocenters. The second-order valence-electron chi connectivity index (χ2n) is 4.87. The number of aromatic nitrogens is 1. The lowest BCUT2D eigenvalue weighted by Gasteiger charge is -2.10.